The molecule has 0 N–H and O–H groups in total. The van der Waals surface area contributed by atoms with Crippen molar-refractivity contribution in [2.24, 2.45) is 0 Å². The molecule has 2 heterocycles. The van der Waals surface area contributed by atoms with Crippen LogP contribution >= 0.6 is 31.9 Å². The number of fused-ring (bicyclic) bond motifs is 2. The van der Waals surface area contributed by atoms with E-state index < -0.39 is 23.4 Å². The van der Waals surface area contributed by atoms with Gasteiger partial charge in [0.2, 0.25) is 0 Å². The Morgan fingerprint density at radius 1 is 0.722 bits per heavy atom. The van der Waals surface area contributed by atoms with Crippen LogP contribution in [0.25, 0.3) is 22.1 Å². The second kappa shape index (κ2) is 11.1. The predicted octanol–water partition coefficient (Wildman–Crippen LogP) is 7.43. The Balaban J connectivity index is 0.000000201. The molecule has 0 unspecified atom stereocenters. The predicted molar refractivity (Wildman–Crippen MR) is 148 cm³/mol. The lowest BCUT2D eigenvalue weighted by atomic mass is 10.2. The fraction of sp³-hybridized carbons (Fsp3) is 0.385. The maximum atomic E-state index is 12.0. The van der Waals surface area contributed by atoms with Gasteiger partial charge in [-0.15, -0.1) is 0 Å². The maximum Gasteiger partial charge on any atom is 0.420 e. The normalized spacial score (nSPS) is 11.8. The molecule has 0 radical (unpaired) electrons. The zero-order chi connectivity index (χ0) is 26.7. The molecule has 36 heavy (non-hydrogen) atoms. The molecule has 0 bridgehead atoms. The van der Waals surface area contributed by atoms with Gasteiger partial charge >= 0.3 is 12.2 Å². The minimum atomic E-state index is -0.513. The van der Waals surface area contributed by atoms with Crippen LogP contribution in [0.2, 0.25) is 0 Å². The van der Waals surface area contributed by atoms with Crippen molar-refractivity contribution < 1.29 is 19.1 Å². The van der Waals surface area contributed by atoms with Gasteiger partial charge in [-0.1, -0.05) is 44.0 Å². The van der Waals surface area contributed by atoms with Crippen LogP contribution in [0.3, 0.4) is 0 Å². The van der Waals surface area contributed by atoms with Crippen LogP contribution in [0, 0.1) is 0 Å². The Kier molecular flexibility index (Phi) is 8.61. The number of benzene rings is 2. The summed E-state index contributed by atoms with van der Waals surface area (Å²) in [5.41, 5.74) is 4.28. The van der Waals surface area contributed by atoms with Gasteiger partial charge in [0, 0.05) is 10.7 Å². The third-order valence-corrected chi connectivity index (χ3v) is 6.01. The molecule has 192 valence electrons. The molecule has 4 aromatic rings. The first-order valence-electron chi connectivity index (χ1n) is 11.3. The van der Waals surface area contributed by atoms with Crippen molar-refractivity contribution in [1.82, 2.24) is 19.1 Å². The molecular formula is C26H30Br2N4O4. The lowest BCUT2D eigenvalue weighted by Crippen LogP contribution is -2.26. The quantitative estimate of drug-likeness (QED) is 0.216. The van der Waals surface area contributed by atoms with Gasteiger partial charge in [0.1, 0.15) is 23.9 Å². The lowest BCUT2D eigenvalue weighted by molar-refractivity contribution is 0.0532. The van der Waals surface area contributed by atoms with Gasteiger partial charge in [0.25, 0.3) is 0 Å². The average Bonchev–Trinajstić information content (AvgIpc) is 3.40. The number of rotatable bonds is 2. The summed E-state index contributed by atoms with van der Waals surface area (Å²) in [5, 5.41) is 1.50. The molecule has 0 saturated carbocycles. The van der Waals surface area contributed by atoms with Crippen molar-refractivity contribution >= 4 is 66.1 Å². The molecular weight excluding hydrogens is 592 g/mol. The number of hydrogen-bond donors (Lipinski definition) is 0. The number of alkyl halides is 2. The van der Waals surface area contributed by atoms with Crippen LogP contribution in [-0.4, -0.2) is 42.5 Å². The summed E-state index contributed by atoms with van der Waals surface area (Å²) in [6, 6.07) is 11.6. The molecule has 0 amide bonds. The van der Waals surface area contributed by atoms with E-state index in [1.54, 1.807) is 0 Å². The second-order valence-electron chi connectivity index (χ2n) is 10.1. The van der Waals surface area contributed by atoms with Crippen LogP contribution in [0.4, 0.5) is 9.59 Å². The van der Waals surface area contributed by atoms with E-state index >= 15 is 0 Å². The molecule has 4 rings (SSSR count). The Bertz CT molecular complexity index is 1380. The zero-order valence-electron chi connectivity index (χ0n) is 21.2. The van der Waals surface area contributed by atoms with Gasteiger partial charge in [-0.2, -0.15) is 0 Å². The topological polar surface area (TPSA) is 88.2 Å². The summed E-state index contributed by atoms with van der Waals surface area (Å²) in [5.74, 6) is 0. The van der Waals surface area contributed by atoms with Crippen LogP contribution in [0.5, 0.6) is 0 Å². The first-order chi connectivity index (χ1) is 16.8. The number of hydrogen-bond acceptors (Lipinski definition) is 6. The highest BCUT2D eigenvalue weighted by molar-refractivity contribution is 9.08. The largest absolute Gasteiger partial charge is 0.443 e. The van der Waals surface area contributed by atoms with Gasteiger partial charge in [0.05, 0.1) is 22.1 Å². The molecule has 0 aliphatic carbocycles. The standard InChI is InChI=1S/2C13H15BrN2O2/c1-13(2,3)18-12(17)16-8-15-10-6-9(7-14)4-5-11(10)16;1-13(2,3)18-12(17)16-8-15-10-5-4-9(7-14)6-11(10)16/h2*4-6,8H,7H2,1-3H3. The van der Waals surface area contributed by atoms with Crippen molar-refractivity contribution in [3.8, 4) is 0 Å². The lowest BCUT2D eigenvalue weighted by Gasteiger charge is -2.19. The Labute approximate surface area is 227 Å². The average molecular weight is 622 g/mol. The number of imidazole rings is 2. The highest BCUT2D eigenvalue weighted by atomic mass is 79.9. The zero-order valence-corrected chi connectivity index (χ0v) is 24.4. The van der Waals surface area contributed by atoms with Crippen LogP contribution in [0.1, 0.15) is 52.7 Å². The smallest absolute Gasteiger partial charge is 0.420 e. The molecule has 2 aromatic heterocycles. The van der Waals surface area contributed by atoms with Gasteiger partial charge < -0.3 is 9.47 Å². The first-order valence-corrected chi connectivity index (χ1v) is 13.6. The molecule has 0 spiro atoms. The summed E-state index contributed by atoms with van der Waals surface area (Å²) in [7, 11) is 0. The Morgan fingerprint density at radius 2 is 1.19 bits per heavy atom. The number of aromatic nitrogens is 4. The molecule has 2 aromatic carbocycles. The van der Waals surface area contributed by atoms with Gasteiger partial charge in [-0.25, -0.2) is 28.7 Å². The van der Waals surface area contributed by atoms with Crippen molar-refractivity contribution in [1.29, 1.82) is 0 Å². The van der Waals surface area contributed by atoms with Crippen molar-refractivity contribution in [3.05, 3.63) is 60.2 Å². The molecule has 8 nitrogen and oxygen atoms in total. The van der Waals surface area contributed by atoms with Crippen molar-refractivity contribution in [2.45, 2.75) is 63.4 Å². The second-order valence-corrected chi connectivity index (χ2v) is 11.2. The number of ether oxygens (including phenoxy) is 2. The summed E-state index contributed by atoms with van der Waals surface area (Å²) < 4.78 is 13.5. The molecule has 10 heteroatoms. The summed E-state index contributed by atoms with van der Waals surface area (Å²) in [4.78, 5) is 32.4. The first kappa shape index (κ1) is 27.9. The van der Waals surface area contributed by atoms with E-state index in [2.05, 4.69) is 41.8 Å². The maximum absolute atomic E-state index is 12.0. The molecule has 0 aliphatic heterocycles. The molecule has 0 atom stereocenters. The SMILES string of the molecule is CC(C)(C)OC(=O)n1cnc2cc(CBr)ccc21.CC(C)(C)OC(=O)n1cnc2ccc(CBr)cc21. The monoisotopic (exact) mass is 620 g/mol. The molecule has 0 saturated heterocycles. The minimum Gasteiger partial charge on any atom is -0.443 e. The number of halogens is 2. The van der Waals surface area contributed by atoms with Crippen LogP contribution in [-0.2, 0) is 20.1 Å². The Hall–Kier alpha value is -2.72. The number of nitrogens with zero attached hydrogens (tertiary/aromatic N) is 4. The van der Waals surface area contributed by atoms with E-state index in [0.717, 1.165) is 43.9 Å². The number of carbonyl (C=O) groups is 2. The van der Waals surface area contributed by atoms with Gasteiger partial charge in [-0.3, -0.25) is 0 Å². The summed E-state index contributed by atoms with van der Waals surface area (Å²) in [6.45, 7) is 11.0. The van der Waals surface area contributed by atoms with E-state index in [4.69, 9.17) is 9.47 Å². The fourth-order valence-electron chi connectivity index (χ4n) is 3.19. The highest BCUT2D eigenvalue weighted by Gasteiger charge is 2.20. The van der Waals surface area contributed by atoms with Gasteiger partial charge in [0.15, 0.2) is 0 Å². The van der Waals surface area contributed by atoms with Crippen molar-refractivity contribution in [3.63, 3.8) is 0 Å². The van der Waals surface area contributed by atoms with E-state index in [1.165, 1.54) is 21.8 Å². The van der Waals surface area contributed by atoms with Crippen molar-refractivity contribution in [2.75, 3.05) is 0 Å². The number of carbonyl (C=O) groups excluding carboxylic acids is 2. The molecule has 0 aliphatic rings. The summed E-state index contributed by atoms with van der Waals surface area (Å²) in [6.07, 6.45) is 2.18. The molecule has 0 fully saturated rings. The highest BCUT2D eigenvalue weighted by Crippen LogP contribution is 2.20. The van der Waals surface area contributed by atoms with E-state index in [9.17, 15) is 9.59 Å². The third kappa shape index (κ3) is 7.16. The van der Waals surface area contributed by atoms with Gasteiger partial charge in [-0.05, 0) is 76.9 Å². The summed E-state index contributed by atoms with van der Waals surface area (Å²) >= 11 is 6.79. The minimum absolute atomic E-state index is 0.406. The Morgan fingerprint density at radius 3 is 1.72 bits per heavy atom. The fourth-order valence-corrected chi connectivity index (χ4v) is 3.89. The van der Waals surface area contributed by atoms with E-state index in [1.807, 2.05) is 77.9 Å². The van der Waals surface area contributed by atoms with E-state index in [-0.39, 0.29) is 0 Å². The van der Waals surface area contributed by atoms with E-state index in [0.29, 0.717) is 0 Å². The van der Waals surface area contributed by atoms with Crippen LogP contribution < -0.4 is 0 Å². The third-order valence-electron chi connectivity index (χ3n) is 4.71. The van der Waals surface area contributed by atoms with Crippen LogP contribution in [0.15, 0.2) is 49.1 Å².